The van der Waals surface area contributed by atoms with Crippen molar-refractivity contribution in [2.45, 2.75) is 19.8 Å². The Morgan fingerprint density at radius 3 is 0.873 bits per heavy atom. The van der Waals surface area contributed by atoms with E-state index in [2.05, 4.69) is 40.3 Å². The normalized spacial score (nSPS) is 12.1. The molecule has 8 nitrogen and oxygen atoms in total. The van der Waals surface area contributed by atoms with Gasteiger partial charge in [0.2, 0.25) is 0 Å². The SMILES string of the molecule is Nc1ccc(-c2c3nc(c(-c4ccc(CO)cc4)c4ccc([nH]4)c(-c4ccc(CO)cc4)c4nc(c(-c5ccc(CO)cc5)c5ccc2[nH]5)C=C4)C=C3)cc1. The summed E-state index contributed by atoms with van der Waals surface area (Å²) in [7, 11) is 0. The molecule has 0 aliphatic carbocycles. The standard InChI is InChI=1S/C47H37N5O3/c48-35-15-13-34(14-16-35)47-42-23-21-40(51-42)45(32-9-3-29(26-54)4-10-32)38-19-17-36(49-38)44(31-7-1-28(25-53)2-8-31)37-18-20-39(50-37)46(41-22-24-43(47)52-41)33-11-5-30(27-55)6-12-33/h1-24,49,52-55H,25-27,48H2. The zero-order chi connectivity index (χ0) is 37.5. The van der Waals surface area contributed by atoms with Crippen LogP contribution in [0.3, 0.4) is 0 Å². The molecule has 0 saturated heterocycles. The molecule has 7 N–H and O–H groups in total. The first-order valence-corrected chi connectivity index (χ1v) is 18.1. The number of aromatic amines is 2. The van der Waals surface area contributed by atoms with Crippen molar-refractivity contribution in [2.24, 2.45) is 0 Å². The van der Waals surface area contributed by atoms with E-state index >= 15 is 0 Å². The van der Waals surface area contributed by atoms with Crippen LogP contribution in [0.2, 0.25) is 0 Å². The van der Waals surface area contributed by atoms with Crippen LogP contribution in [0.1, 0.15) is 39.5 Å². The number of nitrogen functional groups attached to an aromatic ring is 1. The van der Waals surface area contributed by atoms with Gasteiger partial charge in [-0.15, -0.1) is 0 Å². The average molecular weight is 720 g/mol. The number of H-pyrrole nitrogens is 2. The van der Waals surface area contributed by atoms with Gasteiger partial charge in [0.1, 0.15) is 0 Å². The number of aromatic nitrogens is 4. The van der Waals surface area contributed by atoms with Gasteiger partial charge in [-0.3, -0.25) is 0 Å². The third-order valence-corrected chi connectivity index (χ3v) is 10.2. The quantitative estimate of drug-likeness (QED) is 0.0906. The first kappa shape index (κ1) is 34.0. The van der Waals surface area contributed by atoms with E-state index in [1.165, 1.54) is 0 Å². The lowest BCUT2D eigenvalue weighted by molar-refractivity contribution is 0.281. The number of aliphatic hydroxyl groups excluding tert-OH is 3. The molecule has 0 atom stereocenters. The predicted molar refractivity (Wildman–Crippen MR) is 223 cm³/mol. The molecule has 8 bridgehead atoms. The number of rotatable bonds is 7. The molecule has 0 radical (unpaired) electrons. The number of nitrogens with zero attached hydrogens (tertiary/aromatic N) is 2. The Hall–Kier alpha value is -6.84. The molecule has 3 aromatic heterocycles. The van der Waals surface area contributed by atoms with Crippen molar-refractivity contribution in [3.8, 4) is 44.5 Å². The molecule has 2 aliphatic rings. The molecule has 0 saturated carbocycles. The first-order valence-electron chi connectivity index (χ1n) is 18.1. The van der Waals surface area contributed by atoms with E-state index in [1.807, 2.05) is 115 Å². The molecular formula is C47H37N5O3. The lowest BCUT2D eigenvalue weighted by Crippen LogP contribution is -1.91. The lowest BCUT2D eigenvalue weighted by Gasteiger charge is -2.08. The topological polar surface area (TPSA) is 144 Å². The molecule has 0 amide bonds. The Morgan fingerprint density at radius 2 is 0.618 bits per heavy atom. The summed E-state index contributed by atoms with van der Waals surface area (Å²) in [6.07, 6.45) is 8.19. The van der Waals surface area contributed by atoms with Crippen molar-refractivity contribution in [1.82, 2.24) is 19.9 Å². The fraction of sp³-hybridized carbons (Fsp3) is 0.0638. The smallest absolute Gasteiger partial charge is 0.0737 e. The summed E-state index contributed by atoms with van der Waals surface area (Å²) in [6.45, 7) is -0.144. The summed E-state index contributed by atoms with van der Waals surface area (Å²) in [5, 5.41) is 29.5. The van der Waals surface area contributed by atoms with Crippen molar-refractivity contribution in [1.29, 1.82) is 0 Å². The van der Waals surface area contributed by atoms with Crippen LogP contribution >= 0.6 is 0 Å². The molecule has 7 aromatic rings. The fourth-order valence-corrected chi connectivity index (χ4v) is 7.40. The van der Waals surface area contributed by atoms with Gasteiger partial charge in [0.15, 0.2) is 0 Å². The monoisotopic (exact) mass is 719 g/mol. The molecule has 2 aliphatic heterocycles. The number of hydrogen-bond donors (Lipinski definition) is 6. The second-order valence-electron chi connectivity index (χ2n) is 13.7. The Labute approximate surface area is 317 Å². The predicted octanol–water partition coefficient (Wildman–Crippen LogP) is 9.38. The van der Waals surface area contributed by atoms with Crippen LogP contribution in [0.25, 0.3) is 90.9 Å². The number of benzene rings is 4. The summed E-state index contributed by atoms with van der Waals surface area (Å²) in [5.41, 5.74) is 23.3. The molecule has 0 fully saturated rings. The van der Waals surface area contributed by atoms with Gasteiger partial charge in [-0.2, -0.15) is 0 Å². The van der Waals surface area contributed by atoms with Crippen LogP contribution in [-0.2, 0) is 19.8 Å². The van der Waals surface area contributed by atoms with Gasteiger partial charge in [0.05, 0.1) is 42.6 Å². The van der Waals surface area contributed by atoms with Crippen molar-refractivity contribution in [3.05, 3.63) is 161 Å². The maximum atomic E-state index is 9.83. The number of hydrogen-bond acceptors (Lipinski definition) is 6. The number of anilines is 1. The second-order valence-corrected chi connectivity index (χ2v) is 13.7. The van der Waals surface area contributed by atoms with Crippen LogP contribution < -0.4 is 5.73 Å². The minimum Gasteiger partial charge on any atom is -0.399 e. The zero-order valence-electron chi connectivity index (χ0n) is 29.8. The third kappa shape index (κ3) is 6.34. The highest BCUT2D eigenvalue weighted by atomic mass is 16.3. The molecule has 9 rings (SSSR count). The summed E-state index contributed by atoms with van der Waals surface area (Å²) in [5.74, 6) is 0. The van der Waals surface area contributed by atoms with Gasteiger partial charge in [-0.05, 0) is 99.6 Å². The second kappa shape index (κ2) is 14.2. The average Bonchev–Trinajstić information content (AvgIpc) is 4.07. The number of nitrogens with one attached hydrogen (secondary N) is 2. The molecule has 0 spiro atoms. The highest BCUT2D eigenvalue weighted by molar-refractivity contribution is 5.99. The van der Waals surface area contributed by atoms with Gasteiger partial charge in [0, 0.05) is 50.0 Å². The first-order chi connectivity index (χ1) is 27.0. The van der Waals surface area contributed by atoms with E-state index in [1.54, 1.807) is 0 Å². The van der Waals surface area contributed by atoms with E-state index in [0.29, 0.717) is 5.69 Å². The molecule has 268 valence electrons. The van der Waals surface area contributed by atoms with Gasteiger partial charge in [0.25, 0.3) is 0 Å². The maximum absolute atomic E-state index is 9.83. The zero-order valence-corrected chi connectivity index (χ0v) is 29.8. The molecule has 5 heterocycles. The molecular weight excluding hydrogens is 683 g/mol. The number of nitrogens with two attached hydrogens (primary N) is 1. The van der Waals surface area contributed by atoms with E-state index in [9.17, 15) is 15.3 Å². The Bertz CT molecular complexity index is 2750. The minimum atomic E-state index is -0.0495. The van der Waals surface area contributed by atoms with E-state index in [4.69, 9.17) is 15.7 Å². The molecule has 4 aromatic carbocycles. The maximum Gasteiger partial charge on any atom is 0.0737 e. The minimum absolute atomic E-state index is 0.0474. The van der Waals surface area contributed by atoms with Crippen molar-refractivity contribution >= 4 is 52.1 Å². The van der Waals surface area contributed by atoms with Crippen LogP contribution in [0, 0.1) is 0 Å². The van der Waals surface area contributed by atoms with Crippen molar-refractivity contribution in [3.63, 3.8) is 0 Å². The third-order valence-electron chi connectivity index (χ3n) is 10.2. The Morgan fingerprint density at radius 1 is 0.364 bits per heavy atom. The number of aliphatic hydroxyl groups is 3. The Balaban J connectivity index is 1.44. The van der Waals surface area contributed by atoms with Crippen LogP contribution in [0.5, 0.6) is 0 Å². The van der Waals surface area contributed by atoms with E-state index in [-0.39, 0.29) is 19.8 Å². The fourth-order valence-electron chi connectivity index (χ4n) is 7.40. The number of fused-ring (bicyclic) bond motifs is 8. The lowest BCUT2D eigenvalue weighted by atomic mass is 10.0. The summed E-state index contributed by atoms with van der Waals surface area (Å²) in [6, 6.07) is 39.8. The largest absolute Gasteiger partial charge is 0.399 e. The summed E-state index contributed by atoms with van der Waals surface area (Å²) in [4.78, 5) is 18.1. The van der Waals surface area contributed by atoms with E-state index < -0.39 is 0 Å². The van der Waals surface area contributed by atoms with Gasteiger partial charge < -0.3 is 31.0 Å². The highest BCUT2D eigenvalue weighted by Crippen LogP contribution is 2.38. The van der Waals surface area contributed by atoms with Gasteiger partial charge >= 0.3 is 0 Å². The van der Waals surface area contributed by atoms with Gasteiger partial charge in [-0.25, -0.2) is 9.97 Å². The highest BCUT2D eigenvalue weighted by Gasteiger charge is 2.19. The summed E-state index contributed by atoms with van der Waals surface area (Å²) < 4.78 is 0. The van der Waals surface area contributed by atoms with E-state index in [0.717, 1.165) is 106 Å². The van der Waals surface area contributed by atoms with Crippen LogP contribution in [0.4, 0.5) is 5.69 Å². The van der Waals surface area contributed by atoms with Crippen LogP contribution in [-0.4, -0.2) is 35.3 Å². The molecule has 55 heavy (non-hydrogen) atoms. The summed E-state index contributed by atoms with van der Waals surface area (Å²) >= 11 is 0. The van der Waals surface area contributed by atoms with Crippen molar-refractivity contribution in [2.75, 3.05) is 5.73 Å². The molecule has 0 unspecified atom stereocenters. The molecule has 8 heteroatoms. The van der Waals surface area contributed by atoms with Crippen molar-refractivity contribution < 1.29 is 15.3 Å². The Kier molecular flexibility index (Phi) is 8.76. The van der Waals surface area contributed by atoms with Gasteiger partial charge in [-0.1, -0.05) is 84.9 Å². The van der Waals surface area contributed by atoms with Crippen LogP contribution in [0.15, 0.2) is 121 Å².